The van der Waals surface area contributed by atoms with Crippen molar-refractivity contribution in [2.75, 3.05) is 18.0 Å². The first-order valence-corrected chi connectivity index (χ1v) is 19.0. The number of nitrogens with one attached hydrogen (secondary N) is 1. The van der Waals surface area contributed by atoms with E-state index in [1.807, 2.05) is 54.6 Å². The van der Waals surface area contributed by atoms with Gasteiger partial charge in [-0.15, -0.1) is 0 Å². The van der Waals surface area contributed by atoms with Crippen molar-refractivity contribution in [1.82, 2.24) is 10.2 Å². The molecule has 1 N–H and O–H groups in total. The molecule has 11 nitrogen and oxygen atoms in total. The number of nitrogens with zero attached hydrogens (tertiary/aromatic N) is 3. The first-order chi connectivity index (χ1) is 24.4. The van der Waals surface area contributed by atoms with Crippen LogP contribution < -0.4 is 14.4 Å². The number of methoxy groups -OCH3 is 1. The molecule has 2 amide bonds. The number of nitro benzene ring substituents is 1. The molecule has 1 atom stereocenters. The lowest BCUT2D eigenvalue weighted by molar-refractivity contribution is -0.385. The minimum atomic E-state index is -4.67. The van der Waals surface area contributed by atoms with Crippen LogP contribution in [0.25, 0.3) is 0 Å². The number of sulfonamides is 1. The molecule has 1 aliphatic carbocycles. The third-order valence-corrected chi connectivity index (χ3v) is 11.4. The number of carbonyl (C=O) groups excluding carboxylic acids is 2. The third-order valence-electron chi connectivity index (χ3n) is 8.87. The molecule has 0 spiro atoms. The molecule has 5 rings (SSSR count). The number of halogens is 2. The molecule has 1 fully saturated rings. The highest BCUT2D eigenvalue weighted by Gasteiger charge is 2.37. The lowest BCUT2D eigenvalue weighted by Crippen LogP contribution is -2.54. The molecule has 1 saturated carbocycles. The fourth-order valence-corrected chi connectivity index (χ4v) is 8.25. The van der Waals surface area contributed by atoms with E-state index in [-0.39, 0.29) is 46.9 Å². The van der Waals surface area contributed by atoms with Crippen LogP contribution in [0.3, 0.4) is 0 Å². The number of ether oxygens (including phenoxy) is 1. The number of rotatable bonds is 14. The lowest BCUT2D eigenvalue weighted by atomic mass is 10.0. The second kappa shape index (κ2) is 16.7. The van der Waals surface area contributed by atoms with Gasteiger partial charge in [-0.3, -0.25) is 24.0 Å². The monoisotopic (exact) mass is 796 g/mol. The van der Waals surface area contributed by atoms with Gasteiger partial charge in [0.2, 0.25) is 11.8 Å². The zero-order valence-corrected chi connectivity index (χ0v) is 31.3. The van der Waals surface area contributed by atoms with Gasteiger partial charge in [-0.2, -0.15) is 0 Å². The number of anilines is 1. The molecule has 1 aliphatic rings. The van der Waals surface area contributed by atoms with Gasteiger partial charge in [-0.05, 0) is 67.3 Å². The maximum atomic E-state index is 14.8. The zero-order chi connectivity index (χ0) is 36.7. The Kier molecular flexibility index (Phi) is 12.4. The SMILES string of the molecule is COc1ccc(Cl)cc1N(CC(=O)N(Cc1cccc(Br)c1)C(Cc1ccccc1)C(=O)NC1CCCC1)S(=O)(=O)c1ccc(C)c([N+](=O)[O-])c1. The standard InChI is InChI=1S/C37H38BrClN4O7S/c1-25-15-17-31(22-32(25)43(46)47)51(48,49)42(33-21-29(39)16-18-35(33)50-2)24-36(44)41(23-27-11-8-12-28(38)19-27)34(20-26-9-4-3-5-10-26)37(45)40-30-13-6-7-14-30/h3-5,8-12,15-19,21-22,30,34H,6-7,13-14,20,23-24H2,1-2H3,(H,40,45). The predicted molar refractivity (Wildman–Crippen MR) is 199 cm³/mol. The van der Waals surface area contributed by atoms with E-state index in [4.69, 9.17) is 16.3 Å². The molecule has 4 aromatic rings. The normalized spacial score (nSPS) is 13.7. The fraction of sp³-hybridized carbons (Fsp3) is 0.297. The first-order valence-electron chi connectivity index (χ1n) is 16.4. The van der Waals surface area contributed by atoms with Crippen molar-refractivity contribution in [3.63, 3.8) is 0 Å². The topological polar surface area (TPSA) is 139 Å². The molecule has 0 aromatic heterocycles. The van der Waals surface area contributed by atoms with Gasteiger partial charge in [0, 0.05) is 40.1 Å². The molecule has 268 valence electrons. The summed E-state index contributed by atoms with van der Waals surface area (Å²) in [7, 11) is -3.33. The van der Waals surface area contributed by atoms with Crippen molar-refractivity contribution in [1.29, 1.82) is 0 Å². The van der Waals surface area contributed by atoms with Crippen LogP contribution in [0.2, 0.25) is 5.02 Å². The summed E-state index contributed by atoms with van der Waals surface area (Å²) < 4.78 is 36.2. The predicted octanol–water partition coefficient (Wildman–Crippen LogP) is 7.22. The van der Waals surface area contributed by atoms with Gasteiger partial charge >= 0.3 is 0 Å². The van der Waals surface area contributed by atoms with Crippen molar-refractivity contribution >= 4 is 60.7 Å². The second-order valence-corrected chi connectivity index (χ2v) is 15.6. The van der Waals surface area contributed by atoms with Crippen molar-refractivity contribution in [2.45, 2.75) is 62.6 Å². The quantitative estimate of drug-likeness (QED) is 0.105. The van der Waals surface area contributed by atoms with Crippen molar-refractivity contribution in [3.8, 4) is 5.75 Å². The van der Waals surface area contributed by atoms with E-state index >= 15 is 0 Å². The Morgan fingerprint density at radius 1 is 1.00 bits per heavy atom. The van der Waals surface area contributed by atoms with Crippen molar-refractivity contribution in [2.24, 2.45) is 0 Å². The minimum absolute atomic E-state index is 0.0234. The molecule has 0 bridgehead atoms. The van der Waals surface area contributed by atoms with Gasteiger partial charge in [0.1, 0.15) is 18.3 Å². The lowest BCUT2D eigenvalue weighted by Gasteiger charge is -2.34. The largest absolute Gasteiger partial charge is 0.495 e. The molecule has 14 heteroatoms. The number of aryl methyl sites for hydroxylation is 1. The Morgan fingerprint density at radius 3 is 2.37 bits per heavy atom. The van der Waals surface area contributed by atoms with Gasteiger partial charge in [-0.1, -0.05) is 88.9 Å². The van der Waals surface area contributed by atoms with E-state index in [1.165, 1.54) is 49.3 Å². The van der Waals surface area contributed by atoms with E-state index in [9.17, 15) is 28.1 Å². The molecule has 4 aromatic carbocycles. The number of hydrogen-bond donors (Lipinski definition) is 1. The zero-order valence-electron chi connectivity index (χ0n) is 28.1. The maximum absolute atomic E-state index is 14.8. The number of amides is 2. The van der Waals surface area contributed by atoms with Gasteiger partial charge in [0.25, 0.3) is 15.7 Å². The number of benzene rings is 4. The van der Waals surface area contributed by atoms with Crippen LogP contribution in [0, 0.1) is 17.0 Å². The summed E-state index contributed by atoms with van der Waals surface area (Å²) >= 11 is 9.86. The summed E-state index contributed by atoms with van der Waals surface area (Å²) in [6.45, 7) is 0.695. The smallest absolute Gasteiger partial charge is 0.273 e. The highest BCUT2D eigenvalue weighted by Crippen LogP contribution is 2.36. The summed E-state index contributed by atoms with van der Waals surface area (Å²) in [5, 5.41) is 15.1. The second-order valence-electron chi connectivity index (χ2n) is 12.4. The first kappa shape index (κ1) is 37.8. The molecular weight excluding hydrogens is 760 g/mol. The molecular formula is C37H38BrClN4O7S. The summed E-state index contributed by atoms with van der Waals surface area (Å²) in [5.41, 5.74) is 1.32. The van der Waals surface area contributed by atoms with Crippen molar-refractivity contribution in [3.05, 3.63) is 127 Å². The van der Waals surface area contributed by atoms with Crippen LogP contribution in [0.1, 0.15) is 42.4 Å². The van der Waals surface area contributed by atoms with Crippen LogP contribution in [-0.2, 0) is 32.6 Å². The minimum Gasteiger partial charge on any atom is -0.495 e. The summed E-state index contributed by atoms with van der Waals surface area (Å²) in [4.78, 5) is 41.2. The Morgan fingerprint density at radius 2 is 1.71 bits per heavy atom. The maximum Gasteiger partial charge on any atom is 0.273 e. The number of nitro groups is 1. The van der Waals surface area contributed by atoms with Gasteiger partial charge in [0.05, 0.1) is 22.6 Å². The Labute approximate surface area is 310 Å². The average molecular weight is 798 g/mol. The molecule has 51 heavy (non-hydrogen) atoms. The number of hydrogen-bond acceptors (Lipinski definition) is 7. The number of carbonyl (C=O) groups is 2. The molecule has 1 unspecified atom stereocenters. The molecule has 0 radical (unpaired) electrons. The van der Waals surface area contributed by atoms with E-state index in [0.29, 0.717) is 5.56 Å². The summed E-state index contributed by atoms with van der Waals surface area (Å²) in [6, 6.07) is 23.4. The summed E-state index contributed by atoms with van der Waals surface area (Å²) in [5.74, 6) is -0.946. The van der Waals surface area contributed by atoms with Crippen molar-refractivity contribution < 1.29 is 27.7 Å². The van der Waals surface area contributed by atoms with E-state index < -0.39 is 44.0 Å². The van der Waals surface area contributed by atoms with Crippen LogP contribution in [0.4, 0.5) is 11.4 Å². The Bertz CT molecular complexity index is 2010. The van der Waals surface area contributed by atoms with E-state index in [1.54, 1.807) is 0 Å². The summed E-state index contributed by atoms with van der Waals surface area (Å²) in [6.07, 6.45) is 3.79. The molecule has 0 aliphatic heterocycles. The van der Waals surface area contributed by atoms with Crippen LogP contribution in [0.15, 0.2) is 100 Å². The van der Waals surface area contributed by atoms with Crippen LogP contribution >= 0.6 is 27.5 Å². The Balaban J connectivity index is 1.64. The average Bonchev–Trinajstić information content (AvgIpc) is 3.62. The third kappa shape index (κ3) is 9.26. The molecule has 0 heterocycles. The fourth-order valence-electron chi connectivity index (χ4n) is 6.20. The Hall–Kier alpha value is -4.46. The van der Waals surface area contributed by atoms with Crippen LogP contribution in [0.5, 0.6) is 5.75 Å². The van der Waals surface area contributed by atoms with Gasteiger partial charge in [-0.25, -0.2) is 8.42 Å². The van der Waals surface area contributed by atoms with E-state index in [0.717, 1.165) is 46.1 Å². The molecule has 0 saturated heterocycles. The highest BCUT2D eigenvalue weighted by molar-refractivity contribution is 9.10. The van der Waals surface area contributed by atoms with E-state index in [2.05, 4.69) is 21.2 Å². The van der Waals surface area contributed by atoms with Crippen LogP contribution in [-0.4, -0.2) is 55.8 Å². The van der Waals surface area contributed by atoms with Gasteiger partial charge < -0.3 is 15.0 Å². The van der Waals surface area contributed by atoms with Gasteiger partial charge in [0.15, 0.2) is 0 Å². The highest BCUT2D eigenvalue weighted by atomic mass is 79.9.